The van der Waals surface area contributed by atoms with Crippen LogP contribution >= 0.6 is 15.9 Å². The number of carbonyl (C=O) groups excluding carboxylic acids is 1. The van der Waals surface area contributed by atoms with Gasteiger partial charge < -0.3 is 10.1 Å². The van der Waals surface area contributed by atoms with Crippen molar-refractivity contribution in [2.24, 2.45) is 0 Å². The fourth-order valence-electron chi connectivity index (χ4n) is 1.51. The van der Waals surface area contributed by atoms with E-state index in [1.165, 1.54) is 12.1 Å². The summed E-state index contributed by atoms with van der Waals surface area (Å²) in [6, 6.07) is 4.36. The third-order valence-electron chi connectivity index (χ3n) is 2.41. The number of rotatable bonds is 5. The summed E-state index contributed by atoms with van der Waals surface area (Å²) in [6.07, 6.45) is 0. The summed E-state index contributed by atoms with van der Waals surface area (Å²) in [4.78, 5) is 11.9. The molecule has 5 heteroatoms. The summed E-state index contributed by atoms with van der Waals surface area (Å²) in [5.41, 5.74) is -0.160. The van der Waals surface area contributed by atoms with Crippen molar-refractivity contribution in [1.82, 2.24) is 5.32 Å². The maximum atomic E-state index is 13.3. The van der Waals surface area contributed by atoms with Gasteiger partial charge in [-0.15, -0.1) is 0 Å². The highest BCUT2D eigenvalue weighted by Gasteiger charge is 2.20. The van der Waals surface area contributed by atoms with Crippen LogP contribution in [0.3, 0.4) is 0 Å². The molecule has 1 aromatic carbocycles. The standard InChI is InChI=1S/C13H17BrFNO2/c1-4-18-13(2,3)8-16-12(17)9-6-5-7-10(15)11(9)14/h5-7H,4,8H2,1-3H3,(H,16,17). The van der Waals surface area contributed by atoms with E-state index in [1.807, 2.05) is 20.8 Å². The van der Waals surface area contributed by atoms with Crippen LogP contribution in [-0.4, -0.2) is 24.7 Å². The zero-order valence-corrected chi connectivity index (χ0v) is 12.3. The normalized spacial score (nSPS) is 11.4. The topological polar surface area (TPSA) is 38.3 Å². The molecule has 0 unspecified atom stereocenters. The summed E-state index contributed by atoms with van der Waals surface area (Å²) in [5.74, 6) is -0.777. The number of carbonyl (C=O) groups is 1. The van der Waals surface area contributed by atoms with Crippen LogP contribution in [0.25, 0.3) is 0 Å². The second-order valence-corrected chi connectivity index (χ2v) is 5.27. The SMILES string of the molecule is CCOC(C)(C)CNC(=O)c1cccc(F)c1Br. The molecule has 0 saturated carbocycles. The predicted molar refractivity (Wildman–Crippen MR) is 72.1 cm³/mol. The predicted octanol–water partition coefficient (Wildman–Crippen LogP) is 3.13. The van der Waals surface area contributed by atoms with Crippen LogP contribution in [-0.2, 0) is 4.74 Å². The summed E-state index contributed by atoms with van der Waals surface area (Å²) >= 11 is 3.06. The molecule has 18 heavy (non-hydrogen) atoms. The average Bonchev–Trinajstić information content (AvgIpc) is 2.30. The number of halogens is 2. The van der Waals surface area contributed by atoms with Crippen molar-refractivity contribution < 1.29 is 13.9 Å². The van der Waals surface area contributed by atoms with Gasteiger partial charge in [-0.25, -0.2) is 4.39 Å². The number of hydrogen-bond donors (Lipinski definition) is 1. The Balaban J connectivity index is 2.69. The summed E-state index contributed by atoms with van der Waals surface area (Å²) in [7, 11) is 0. The monoisotopic (exact) mass is 317 g/mol. The molecule has 0 radical (unpaired) electrons. The molecule has 0 spiro atoms. The van der Waals surface area contributed by atoms with Crippen LogP contribution < -0.4 is 5.32 Å². The zero-order valence-electron chi connectivity index (χ0n) is 10.7. The first kappa shape index (κ1) is 15.1. The minimum absolute atomic E-state index is 0.178. The molecule has 1 amide bonds. The zero-order chi connectivity index (χ0) is 13.8. The van der Waals surface area contributed by atoms with Crippen LogP contribution in [0.15, 0.2) is 22.7 Å². The maximum Gasteiger partial charge on any atom is 0.252 e. The van der Waals surface area contributed by atoms with Gasteiger partial charge in [0.15, 0.2) is 0 Å². The lowest BCUT2D eigenvalue weighted by Gasteiger charge is -2.25. The first-order valence-electron chi connectivity index (χ1n) is 5.73. The molecule has 0 saturated heterocycles. The largest absolute Gasteiger partial charge is 0.374 e. The minimum Gasteiger partial charge on any atom is -0.374 e. The van der Waals surface area contributed by atoms with E-state index in [9.17, 15) is 9.18 Å². The molecule has 100 valence electrons. The van der Waals surface area contributed by atoms with Crippen molar-refractivity contribution in [2.75, 3.05) is 13.2 Å². The van der Waals surface area contributed by atoms with Crippen molar-refractivity contribution in [1.29, 1.82) is 0 Å². The summed E-state index contributed by atoms with van der Waals surface area (Å²) in [5, 5.41) is 2.73. The fourth-order valence-corrected chi connectivity index (χ4v) is 1.95. The van der Waals surface area contributed by atoms with E-state index in [0.717, 1.165) is 0 Å². The first-order chi connectivity index (χ1) is 8.37. The molecule has 0 heterocycles. The lowest BCUT2D eigenvalue weighted by molar-refractivity contribution is -0.00816. The molecule has 0 fully saturated rings. The Bertz CT molecular complexity index is 435. The first-order valence-corrected chi connectivity index (χ1v) is 6.53. The molecule has 0 bridgehead atoms. The van der Waals surface area contributed by atoms with Crippen LogP contribution in [0.1, 0.15) is 31.1 Å². The molecule has 0 aliphatic rings. The summed E-state index contributed by atoms with van der Waals surface area (Å²) < 4.78 is 18.9. The maximum absolute atomic E-state index is 13.3. The van der Waals surface area contributed by atoms with Crippen molar-refractivity contribution in [3.63, 3.8) is 0 Å². The molecule has 0 aromatic heterocycles. The molecule has 0 aliphatic heterocycles. The van der Waals surface area contributed by atoms with Crippen LogP contribution in [0, 0.1) is 5.82 Å². The van der Waals surface area contributed by atoms with E-state index < -0.39 is 11.4 Å². The molecule has 0 aliphatic carbocycles. The van der Waals surface area contributed by atoms with Crippen LogP contribution in [0.2, 0.25) is 0 Å². The van der Waals surface area contributed by atoms with Crippen LogP contribution in [0.4, 0.5) is 4.39 Å². The van der Waals surface area contributed by atoms with E-state index >= 15 is 0 Å². The number of nitrogens with one attached hydrogen (secondary N) is 1. The smallest absolute Gasteiger partial charge is 0.252 e. The number of ether oxygens (including phenoxy) is 1. The molecule has 1 N–H and O–H groups in total. The second-order valence-electron chi connectivity index (χ2n) is 4.48. The molecule has 0 atom stereocenters. The molecule has 1 rings (SSSR count). The Morgan fingerprint density at radius 1 is 1.50 bits per heavy atom. The molecule has 3 nitrogen and oxygen atoms in total. The number of amides is 1. The second kappa shape index (κ2) is 6.29. The minimum atomic E-state index is -0.452. The van der Waals surface area contributed by atoms with Gasteiger partial charge >= 0.3 is 0 Å². The quantitative estimate of drug-likeness (QED) is 0.906. The third kappa shape index (κ3) is 4.07. The molecule has 1 aromatic rings. The average molecular weight is 318 g/mol. The van der Waals surface area contributed by atoms with Crippen molar-refractivity contribution in [3.05, 3.63) is 34.1 Å². The van der Waals surface area contributed by atoms with E-state index in [2.05, 4.69) is 21.2 Å². The van der Waals surface area contributed by atoms with E-state index in [1.54, 1.807) is 6.07 Å². The van der Waals surface area contributed by atoms with Gasteiger partial charge in [0.05, 0.1) is 15.6 Å². The fraction of sp³-hybridized carbons (Fsp3) is 0.462. The Labute approximate surface area is 115 Å². The Hall–Kier alpha value is -0.940. The van der Waals surface area contributed by atoms with Crippen molar-refractivity contribution in [3.8, 4) is 0 Å². The van der Waals surface area contributed by atoms with Crippen LogP contribution in [0.5, 0.6) is 0 Å². The van der Waals surface area contributed by atoms with Gasteiger partial charge in [0.2, 0.25) is 0 Å². The van der Waals surface area contributed by atoms with E-state index in [-0.39, 0.29) is 15.9 Å². The lowest BCUT2D eigenvalue weighted by atomic mass is 10.1. The molecular formula is C13H17BrFNO2. The van der Waals surface area contributed by atoms with Gasteiger partial charge in [-0.1, -0.05) is 6.07 Å². The van der Waals surface area contributed by atoms with Gasteiger partial charge in [-0.2, -0.15) is 0 Å². The third-order valence-corrected chi connectivity index (χ3v) is 3.21. The van der Waals surface area contributed by atoms with E-state index in [0.29, 0.717) is 13.2 Å². The van der Waals surface area contributed by atoms with Crippen molar-refractivity contribution in [2.45, 2.75) is 26.4 Å². The Morgan fingerprint density at radius 2 is 2.17 bits per heavy atom. The van der Waals surface area contributed by atoms with Gasteiger partial charge in [0.25, 0.3) is 5.91 Å². The highest BCUT2D eigenvalue weighted by Crippen LogP contribution is 2.20. The highest BCUT2D eigenvalue weighted by molar-refractivity contribution is 9.10. The van der Waals surface area contributed by atoms with Gasteiger partial charge in [-0.05, 0) is 48.8 Å². The van der Waals surface area contributed by atoms with Gasteiger partial charge in [0.1, 0.15) is 5.82 Å². The van der Waals surface area contributed by atoms with E-state index in [4.69, 9.17) is 4.74 Å². The molecular weight excluding hydrogens is 301 g/mol. The summed E-state index contributed by atoms with van der Waals surface area (Å²) in [6.45, 7) is 6.61. The number of benzene rings is 1. The van der Waals surface area contributed by atoms with Gasteiger partial charge in [0, 0.05) is 13.2 Å². The van der Waals surface area contributed by atoms with Crippen molar-refractivity contribution >= 4 is 21.8 Å². The Morgan fingerprint density at radius 3 is 2.78 bits per heavy atom. The number of hydrogen-bond acceptors (Lipinski definition) is 2. The Kier molecular flexibility index (Phi) is 5.28. The lowest BCUT2D eigenvalue weighted by Crippen LogP contribution is -2.40. The highest BCUT2D eigenvalue weighted by atomic mass is 79.9. The van der Waals surface area contributed by atoms with Gasteiger partial charge in [-0.3, -0.25) is 4.79 Å².